The Hall–Kier alpha value is -1.12. The predicted molar refractivity (Wildman–Crippen MR) is 50.4 cm³/mol. The number of nitrogens with two attached hydrogens (primary N) is 1. The number of aliphatic carboxylic acids is 1. The van der Waals surface area contributed by atoms with E-state index in [-0.39, 0.29) is 6.04 Å². The van der Waals surface area contributed by atoms with E-state index in [1.807, 2.05) is 11.8 Å². The zero-order valence-corrected chi connectivity index (χ0v) is 8.23. The summed E-state index contributed by atoms with van der Waals surface area (Å²) in [5, 5.41) is 17.4. The molecule has 1 fully saturated rings. The van der Waals surface area contributed by atoms with Crippen LogP contribution in [0.1, 0.15) is 19.8 Å². The van der Waals surface area contributed by atoms with Gasteiger partial charge in [0.15, 0.2) is 0 Å². The first-order valence-corrected chi connectivity index (χ1v) is 4.63. The van der Waals surface area contributed by atoms with Crippen molar-refractivity contribution in [3.8, 4) is 6.07 Å². The molecule has 0 aromatic heterocycles. The fraction of sp³-hybridized carbons (Fsp3) is 0.778. The lowest BCUT2D eigenvalue weighted by Gasteiger charge is -2.23. The average Bonchev–Trinajstić information content (AvgIpc) is 2.50. The minimum Gasteiger partial charge on any atom is -0.480 e. The molecule has 14 heavy (non-hydrogen) atoms. The van der Waals surface area contributed by atoms with Crippen molar-refractivity contribution in [1.82, 2.24) is 4.90 Å². The Balaban J connectivity index is 2.57. The molecule has 0 aromatic rings. The third kappa shape index (κ3) is 2.03. The number of nitrogens with zero attached hydrogens (tertiary/aromatic N) is 2. The van der Waals surface area contributed by atoms with Gasteiger partial charge in [0.2, 0.25) is 0 Å². The average molecular weight is 197 g/mol. The van der Waals surface area contributed by atoms with Crippen LogP contribution < -0.4 is 5.73 Å². The van der Waals surface area contributed by atoms with E-state index in [1.165, 1.54) is 0 Å². The van der Waals surface area contributed by atoms with Crippen molar-refractivity contribution in [2.45, 2.75) is 31.3 Å². The number of carboxylic acids is 1. The van der Waals surface area contributed by atoms with Gasteiger partial charge in [-0.15, -0.1) is 0 Å². The standard InChI is InChI=1S/C9H15N3O2/c1-7(2-4-10)12-5-3-9(11,6-12)8(13)14/h7H,2-3,5-6,11H2,1H3,(H,13,14). The molecule has 1 aliphatic heterocycles. The Morgan fingerprint density at radius 3 is 2.93 bits per heavy atom. The van der Waals surface area contributed by atoms with Gasteiger partial charge in [-0.2, -0.15) is 5.26 Å². The lowest BCUT2D eigenvalue weighted by molar-refractivity contribution is -0.142. The molecule has 1 aliphatic rings. The van der Waals surface area contributed by atoms with Gasteiger partial charge in [0, 0.05) is 19.1 Å². The maximum atomic E-state index is 10.8. The number of carbonyl (C=O) groups is 1. The molecule has 0 aromatic carbocycles. The number of rotatable bonds is 3. The Morgan fingerprint density at radius 2 is 2.50 bits per heavy atom. The monoisotopic (exact) mass is 197 g/mol. The molecule has 1 saturated heterocycles. The zero-order chi connectivity index (χ0) is 10.8. The highest BCUT2D eigenvalue weighted by Crippen LogP contribution is 2.21. The normalized spacial score (nSPS) is 29.8. The molecule has 3 N–H and O–H groups in total. The fourth-order valence-electron chi connectivity index (χ4n) is 1.68. The number of hydrogen-bond acceptors (Lipinski definition) is 4. The van der Waals surface area contributed by atoms with E-state index in [2.05, 4.69) is 6.07 Å². The van der Waals surface area contributed by atoms with E-state index >= 15 is 0 Å². The van der Waals surface area contributed by atoms with Crippen LogP contribution in [0.25, 0.3) is 0 Å². The highest BCUT2D eigenvalue weighted by atomic mass is 16.4. The molecule has 0 aliphatic carbocycles. The molecular weight excluding hydrogens is 182 g/mol. The summed E-state index contributed by atoms with van der Waals surface area (Å²) >= 11 is 0. The molecule has 2 atom stereocenters. The molecule has 1 heterocycles. The summed E-state index contributed by atoms with van der Waals surface area (Å²) in [5.41, 5.74) is 4.58. The van der Waals surface area contributed by atoms with E-state index < -0.39 is 11.5 Å². The molecule has 0 amide bonds. The Morgan fingerprint density at radius 1 is 1.86 bits per heavy atom. The van der Waals surface area contributed by atoms with Crippen LogP contribution >= 0.6 is 0 Å². The molecule has 0 spiro atoms. The third-order valence-electron chi connectivity index (χ3n) is 2.77. The lowest BCUT2D eigenvalue weighted by Crippen LogP contribution is -2.50. The van der Waals surface area contributed by atoms with Gasteiger partial charge in [0.05, 0.1) is 12.5 Å². The van der Waals surface area contributed by atoms with Gasteiger partial charge < -0.3 is 10.8 Å². The number of hydrogen-bond donors (Lipinski definition) is 2. The first kappa shape index (κ1) is 11.0. The van der Waals surface area contributed by atoms with E-state index in [9.17, 15) is 4.79 Å². The number of carboxylic acid groups (broad SMARTS) is 1. The lowest BCUT2D eigenvalue weighted by atomic mass is 10.0. The van der Waals surface area contributed by atoms with Crippen molar-refractivity contribution in [3.63, 3.8) is 0 Å². The summed E-state index contributed by atoms with van der Waals surface area (Å²) in [6.45, 7) is 2.91. The van der Waals surface area contributed by atoms with Gasteiger partial charge >= 0.3 is 5.97 Å². The number of nitriles is 1. The first-order chi connectivity index (χ1) is 6.49. The van der Waals surface area contributed by atoms with E-state index in [0.717, 1.165) is 0 Å². The van der Waals surface area contributed by atoms with Gasteiger partial charge in [0.1, 0.15) is 5.54 Å². The Bertz CT molecular complexity index is 274. The van der Waals surface area contributed by atoms with Crippen LogP contribution in [0.2, 0.25) is 0 Å². The van der Waals surface area contributed by atoms with Crippen molar-refractivity contribution in [2.24, 2.45) is 5.73 Å². The summed E-state index contributed by atoms with van der Waals surface area (Å²) < 4.78 is 0. The molecule has 5 heteroatoms. The van der Waals surface area contributed by atoms with Crippen LogP contribution in [-0.2, 0) is 4.79 Å². The maximum Gasteiger partial charge on any atom is 0.325 e. The quantitative estimate of drug-likeness (QED) is 0.652. The van der Waals surface area contributed by atoms with Crippen molar-refractivity contribution in [1.29, 1.82) is 5.26 Å². The largest absolute Gasteiger partial charge is 0.480 e. The Labute approximate surface area is 83.1 Å². The first-order valence-electron chi connectivity index (χ1n) is 4.63. The molecule has 0 saturated carbocycles. The van der Waals surface area contributed by atoms with Crippen LogP contribution in [0, 0.1) is 11.3 Å². The zero-order valence-electron chi connectivity index (χ0n) is 8.23. The topological polar surface area (TPSA) is 90.4 Å². The van der Waals surface area contributed by atoms with Crippen LogP contribution in [0.5, 0.6) is 0 Å². The molecule has 0 bridgehead atoms. The second-order valence-corrected chi connectivity index (χ2v) is 3.89. The van der Waals surface area contributed by atoms with Gasteiger partial charge in [-0.05, 0) is 13.3 Å². The summed E-state index contributed by atoms with van der Waals surface area (Å²) in [6.07, 6.45) is 0.869. The Kier molecular flexibility index (Phi) is 3.09. The SMILES string of the molecule is CC(CC#N)N1CCC(N)(C(=O)O)C1. The molecule has 1 rings (SSSR count). The molecular formula is C9H15N3O2. The summed E-state index contributed by atoms with van der Waals surface area (Å²) in [4.78, 5) is 12.8. The van der Waals surface area contributed by atoms with Crippen LogP contribution in [-0.4, -0.2) is 40.6 Å². The molecule has 78 valence electrons. The summed E-state index contributed by atoms with van der Waals surface area (Å²) in [6, 6.07) is 2.16. The van der Waals surface area contributed by atoms with Crippen molar-refractivity contribution in [3.05, 3.63) is 0 Å². The highest BCUT2D eigenvalue weighted by Gasteiger charge is 2.42. The fourth-order valence-corrected chi connectivity index (χ4v) is 1.68. The summed E-state index contributed by atoms with van der Waals surface area (Å²) in [5.74, 6) is -0.954. The minimum absolute atomic E-state index is 0.0878. The van der Waals surface area contributed by atoms with Crippen molar-refractivity contribution < 1.29 is 9.90 Å². The smallest absolute Gasteiger partial charge is 0.325 e. The van der Waals surface area contributed by atoms with Crippen LogP contribution in [0.4, 0.5) is 0 Å². The van der Waals surface area contributed by atoms with Gasteiger partial charge in [-0.25, -0.2) is 0 Å². The highest BCUT2D eigenvalue weighted by molar-refractivity contribution is 5.79. The van der Waals surface area contributed by atoms with Crippen molar-refractivity contribution >= 4 is 5.97 Å². The second kappa shape index (κ2) is 3.95. The van der Waals surface area contributed by atoms with E-state index in [4.69, 9.17) is 16.1 Å². The third-order valence-corrected chi connectivity index (χ3v) is 2.77. The number of likely N-dealkylation sites (tertiary alicyclic amines) is 1. The minimum atomic E-state index is -1.12. The predicted octanol–water partition coefficient (Wildman–Crippen LogP) is -0.224. The maximum absolute atomic E-state index is 10.8. The van der Waals surface area contributed by atoms with Crippen LogP contribution in [0.15, 0.2) is 0 Å². The van der Waals surface area contributed by atoms with Gasteiger partial charge in [0.25, 0.3) is 0 Å². The van der Waals surface area contributed by atoms with Gasteiger partial charge in [-0.1, -0.05) is 0 Å². The molecule has 5 nitrogen and oxygen atoms in total. The molecule has 2 unspecified atom stereocenters. The second-order valence-electron chi connectivity index (χ2n) is 3.89. The molecule has 0 radical (unpaired) electrons. The van der Waals surface area contributed by atoms with E-state index in [0.29, 0.717) is 25.9 Å². The van der Waals surface area contributed by atoms with Crippen molar-refractivity contribution in [2.75, 3.05) is 13.1 Å². The van der Waals surface area contributed by atoms with Crippen LogP contribution in [0.3, 0.4) is 0 Å². The van der Waals surface area contributed by atoms with Gasteiger partial charge in [-0.3, -0.25) is 9.69 Å². The van der Waals surface area contributed by atoms with E-state index in [1.54, 1.807) is 0 Å². The summed E-state index contributed by atoms with van der Waals surface area (Å²) in [7, 11) is 0.